The Labute approximate surface area is 158 Å². The van der Waals surface area contributed by atoms with E-state index in [0.717, 1.165) is 5.57 Å². The predicted octanol–water partition coefficient (Wildman–Crippen LogP) is 2.29. The van der Waals surface area contributed by atoms with Gasteiger partial charge in [-0.2, -0.15) is 8.42 Å². The van der Waals surface area contributed by atoms with Gasteiger partial charge in [0.25, 0.3) is 10.1 Å². The van der Waals surface area contributed by atoms with E-state index in [1.165, 1.54) is 0 Å². The van der Waals surface area contributed by atoms with E-state index in [9.17, 15) is 18.3 Å². The molecule has 0 saturated heterocycles. The number of carbonyl (C=O) groups is 1. The number of rotatable bonds is 8. The Bertz CT molecular complexity index is 889. The van der Waals surface area contributed by atoms with E-state index < -0.39 is 16.1 Å². The standard InChI is InChI=1S/C18H24N2O6S/c1-11-4-5-13(9-14(11)18(21)22)20-16-10-17(15(19)8-12(16)2)26-6-3-7-27(23,24)25/h4-5,8-9,16,20H,3,6-7,10,19H2,1-2H3,(H,21,22)(H,23,24,25). The van der Waals surface area contributed by atoms with E-state index >= 15 is 0 Å². The predicted molar refractivity (Wildman–Crippen MR) is 102 cm³/mol. The number of aromatic carboxylic acids is 1. The summed E-state index contributed by atoms with van der Waals surface area (Å²) in [5, 5.41) is 12.5. The van der Waals surface area contributed by atoms with Crippen LogP contribution in [0.3, 0.4) is 0 Å². The van der Waals surface area contributed by atoms with Crippen LogP contribution in [0.4, 0.5) is 5.69 Å². The van der Waals surface area contributed by atoms with Crippen molar-refractivity contribution in [2.24, 2.45) is 5.73 Å². The van der Waals surface area contributed by atoms with Crippen LogP contribution in [0.1, 0.15) is 35.7 Å². The molecule has 8 nitrogen and oxygen atoms in total. The van der Waals surface area contributed by atoms with Crippen molar-refractivity contribution < 1.29 is 27.6 Å². The summed E-state index contributed by atoms with van der Waals surface area (Å²) in [6, 6.07) is 4.99. The second-order valence-electron chi connectivity index (χ2n) is 6.49. The third-order valence-electron chi connectivity index (χ3n) is 4.28. The molecule has 5 N–H and O–H groups in total. The number of anilines is 1. The molecule has 1 aromatic rings. The van der Waals surface area contributed by atoms with E-state index in [2.05, 4.69) is 5.32 Å². The first-order valence-corrected chi connectivity index (χ1v) is 10.0. The molecule has 148 valence electrons. The Hall–Kier alpha value is -2.52. The molecule has 0 radical (unpaired) electrons. The topological polar surface area (TPSA) is 139 Å². The molecule has 0 aliphatic heterocycles. The monoisotopic (exact) mass is 396 g/mol. The molecule has 1 aliphatic carbocycles. The Kier molecular flexibility index (Phi) is 6.50. The number of ether oxygens (including phenoxy) is 1. The van der Waals surface area contributed by atoms with Crippen LogP contribution >= 0.6 is 0 Å². The molecule has 1 aromatic carbocycles. The minimum atomic E-state index is -4.02. The summed E-state index contributed by atoms with van der Waals surface area (Å²) >= 11 is 0. The maximum Gasteiger partial charge on any atom is 0.336 e. The lowest BCUT2D eigenvalue weighted by atomic mass is 9.96. The third kappa shape index (κ3) is 6.00. The van der Waals surface area contributed by atoms with Crippen molar-refractivity contribution in [3.63, 3.8) is 0 Å². The van der Waals surface area contributed by atoms with E-state index in [1.807, 2.05) is 13.0 Å². The number of benzene rings is 1. The van der Waals surface area contributed by atoms with E-state index in [4.69, 9.17) is 15.0 Å². The molecule has 9 heteroatoms. The van der Waals surface area contributed by atoms with Gasteiger partial charge >= 0.3 is 5.97 Å². The van der Waals surface area contributed by atoms with Crippen molar-refractivity contribution in [2.45, 2.75) is 32.7 Å². The Balaban J connectivity index is 2.04. The smallest absolute Gasteiger partial charge is 0.336 e. The summed E-state index contributed by atoms with van der Waals surface area (Å²) in [4.78, 5) is 11.3. The van der Waals surface area contributed by atoms with Gasteiger partial charge < -0.3 is 20.9 Å². The molecule has 0 spiro atoms. The summed E-state index contributed by atoms with van der Waals surface area (Å²) < 4.78 is 35.8. The van der Waals surface area contributed by atoms with Gasteiger partial charge in [0, 0.05) is 12.1 Å². The fourth-order valence-electron chi connectivity index (χ4n) is 2.78. The normalized spacial score (nSPS) is 17.4. The molecule has 1 unspecified atom stereocenters. The van der Waals surface area contributed by atoms with Crippen molar-refractivity contribution >= 4 is 21.8 Å². The van der Waals surface area contributed by atoms with Crippen molar-refractivity contribution in [3.8, 4) is 0 Å². The quantitative estimate of drug-likeness (QED) is 0.388. The van der Waals surface area contributed by atoms with Gasteiger partial charge in [-0.1, -0.05) is 6.07 Å². The van der Waals surface area contributed by atoms with Gasteiger partial charge in [-0.15, -0.1) is 0 Å². The molecular formula is C18H24N2O6S. The van der Waals surface area contributed by atoms with Gasteiger partial charge in [0.1, 0.15) is 5.76 Å². The first kappa shape index (κ1) is 20.8. The van der Waals surface area contributed by atoms with Gasteiger partial charge in [-0.05, 0) is 49.6 Å². The van der Waals surface area contributed by atoms with Gasteiger partial charge in [0.2, 0.25) is 0 Å². The highest BCUT2D eigenvalue weighted by Crippen LogP contribution is 2.26. The van der Waals surface area contributed by atoms with Crippen LogP contribution in [-0.2, 0) is 14.9 Å². The number of hydrogen-bond donors (Lipinski definition) is 4. The summed E-state index contributed by atoms with van der Waals surface area (Å²) in [5.41, 5.74) is 8.99. The van der Waals surface area contributed by atoms with Crippen LogP contribution in [0.2, 0.25) is 0 Å². The molecule has 0 bridgehead atoms. The summed E-state index contributed by atoms with van der Waals surface area (Å²) in [7, 11) is -4.02. The lowest BCUT2D eigenvalue weighted by molar-refractivity contribution is 0.0696. The zero-order valence-corrected chi connectivity index (χ0v) is 16.0. The molecule has 1 aliphatic rings. The highest BCUT2D eigenvalue weighted by atomic mass is 32.2. The zero-order chi connectivity index (χ0) is 20.2. The van der Waals surface area contributed by atoms with Crippen molar-refractivity contribution in [1.82, 2.24) is 0 Å². The minimum absolute atomic E-state index is 0.114. The van der Waals surface area contributed by atoms with Gasteiger partial charge in [-0.25, -0.2) is 4.79 Å². The highest BCUT2D eigenvalue weighted by molar-refractivity contribution is 7.85. The number of nitrogens with two attached hydrogens (primary N) is 1. The van der Waals surface area contributed by atoms with Crippen LogP contribution in [0, 0.1) is 6.92 Å². The average molecular weight is 396 g/mol. The molecular weight excluding hydrogens is 372 g/mol. The molecule has 1 atom stereocenters. The second kappa shape index (κ2) is 8.45. The molecule has 0 heterocycles. The van der Waals surface area contributed by atoms with Gasteiger partial charge in [0.05, 0.1) is 29.7 Å². The lowest BCUT2D eigenvalue weighted by Crippen LogP contribution is -2.27. The first-order chi connectivity index (χ1) is 12.6. The van der Waals surface area contributed by atoms with Crippen molar-refractivity contribution in [3.05, 3.63) is 52.4 Å². The zero-order valence-electron chi connectivity index (χ0n) is 15.2. The number of hydrogen-bond acceptors (Lipinski definition) is 6. The van der Waals surface area contributed by atoms with Crippen LogP contribution in [0.15, 0.2) is 41.3 Å². The van der Waals surface area contributed by atoms with Gasteiger partial charge in [0.15, 0.2) is 0 Å². The van der Waals surface area contributed by atoms with E-state index in [-0.39, 0.29) is 30.4 Å². The molecule has 27 heavy (non-hydrogen) atoms. The number of carboxylic acid groups (broad SMARTS) is 1. The van der Waals surface area contributed by atoms with Crippen LogP contribution in [0.5, 0.6) is 0 Å². The van der Waals surface area contributed by atoms with E-state index in [1.54, 1.807) is 25.1 Å². The molecule has 0 saturated carbocycles. The molecule has 0 fully saturated rings. The lowest BCUT2D eigenvalue weighted by Gasteiger charge is -2.27. The fraction of sp³-hybridized carbons (Fsp3) is 0.389. The largest absolute Gasteiger partial charge is 0.496 e. The Morgan fingerprint density at radius 1 is 1.37 bits per heavy atom. The number of carboxylic acids is 1. The summed E-state index contributed by atoms with van der Waals surface area (Å²) in [6.07, 6.45) is 2.36. The molecule has 0 amide bonds. The Morgan fingerprint density at radius 3 is 2.70 bits per heavy atom. The molecule has 2 rings (SSSR count). The minimum Gasteiger partial charge on any atom is -0.496 e. The van der Waals surface area contributed by atoms with Crippen molar-refractivity contribution in [1.29, 1.82) is 0 Å². The molecule has 0 aromatic heterocycles. The number of allylic oxidation sites excluding steroid dienone is 1. The van der Waals surface area contributed by atoms with Crippen molar-refractivity contribution in [2.75, 3.05) is 17.7 Å². The average Bonchev–Trinajstić information content (AvgIpc) is 2.55. The highest BCUT2D eigenvalue weighted by Gasteiger charge is 2.22. The number of nitrogens with one attached hydrogen (secondary N) is 1. The van der Waals surface area contributed by atoms with Crippen LogP contribution in [0.25, 0.3) is 0 Å². The SMILES string of the molecule is CC1=CC(N)=C(OCCCS(=O)(=O)O)CC1Nc1ccc(C)c(C(=O)O)c1. The Morgan fingerprint density at radius 2 is 2.07 bits per heavy atom. The maximum atomic E-state index is 11.3. The number of aryl methyl sites for hydroxylation is 1. The van der Waals surface area contributed by atoms with Crippen LogP contribution < -0.4 is 11.1 Å². The summed E-state index contributed by atoms with van der Waals surface area (Å²) in [5.74, 6) is -0.837. The maximum absolute atomic E-state index is 11.3. The third-order valence-corrected chi connectivity index (χ3v) is 5.08. The fourth-order valence-corrected chi connectivity index (χ4v) is 3.26. The second-order valence-corrected chi connectivity index (χ2v) is 8.06. The van der Waals surface area contributed by atoms with E-state index in [0.29, 0.717) is 29.1 Å². The van der Waals surface area contributed by atoms with Gasteiger partial charge in [-0.3, -0.25) is 4.55 Å². The first-order valence-electron chi connectivity index (χ1n) is 8.42. The summed E-state index contributed by atoms with van der Waals surface area (Å²) in [6.45, 7) is 3.76. The van der Waals surface area contributed by atoms with Crippen LogP contribution in [-0.4, -0.2) is 42.4 Å².